The zero-order valence-corrected chi connectivity index (χ0v) is 20.9. The van der Waals surface area contributed by atoms with Crippen LogP contribution in [0.1, 0.15) is 60.9 Å². The molecule has 9 heteroatoms. The molecule has 0 amide bonds. The number of anilines is 1. The second-order valence-corrected chi connectivity index (χ2v) is 10.7. The van der Waals surface area contributed by atoms with Gasteiger partial charge in [0.15, 0.2) is 0 Å². The van der Waals surface area contributed by atoms with Crippen molar-refractivity contribution in [1.82, 2.24) is 20.2 Å². The summed E-state index contributed by atoms with van der Waals surface area (Å²) >= 11 is 3.21. The van der Waals surface area contributed by atoms with Crippen LogP contribution in [0.2, 0.25) is 0 Å². The molecule has 1 aliphatic heterocycles. The minimum atomic E-state index is -0.524. The van der Waals surface area contributed by atoms with Gasteiger partial charge in [0.25, 0.3) is 0 Å². The lowest BCUT2D eigenvalue weighted by atomic mass is 9.95. The molecule has 0 bridgehead atoms. The van der Waals surface area contributed by atoms with Crippen LogP contribution in [-0.2, 0) is 4.79 Å². The average Bonchev–Trinajstić information content (AvgIpc) is 3.63. The second kappa shape index (κ2) is 9.97. The molecule has 34 heavy (non-hydrogen) atoms. The molecule has 1 saturated carbocycles. The van der Waals surface area contributed by atoms with Gasteiger partial charge in [-0.05, 0) is 71.3 Å². The summed E-state index contributed by atoms with van der Waals surface area (Å²) in [6.45, 7) is 6.00. The van der Waals surface area contributed by atoms with Crippen LogP contribution in [0.3, 0.4) is 0 Å². The van der Waals surface area contributed by atoms with Gasteiger partial charge < -0.3 is 20.1 Å². The van der Waals surface area contributed by atoms with E-state index in [0.717, 1.165) is 56.1 Å². The fourth-order valence-corrected chi connectivity index (χ4v) is 5.56. The lowest BCUT2D eigenvalue weighted by Crippen LogP contribution is -2.57. The number of aldehydes is 1. The van der Waals surface area contributed by atoms with Gasteiger partial charge >= 0.3 is 0 Å². The molecule has 4 atom stereocenters. The number of carbonyl (C=O) groups excluding carboxylic acids is 1. The number of aliphatic hydroxyl groups is 1. The molecule has 0 spiro atoms. The van der Waals surface area contributed by atoms with E-state index in [1.165, 1.54) is 18.9 Å². The van der Waals surface area contributed by atoms with Gasteiger partial charge in [-0.1, -0.05) is 13.0 Å². The van der Waals surface area contributed by atoms with Gasteiger partial charge in [0.1, 0.15) is 24.2 Å². The molecule has 2 unspecified atom stereocenters. The van der Waals surface area contributed by atoms with Crippen LogP contribution in [0.15, 0.2) is 29.0 Å². The summed E-state index contributed by atoms with van der Waals surface area (Å²) in [6, 6.07) is 4.95. The highest BCUT2D eigenvalue weighted by molar-refractivity contribution is 9.10. The third-order valence-electron chi connectivity index (χ3n) is 7.41. The number of benzene rings is 1. The molecule has 7 nitrogen and oxygen atoms in total. The van der Waals surface area contributed by atoms with Crippen molar-refractivity contribution in [3.63, 3.8) is 0 Å². The Morgan fingerprint density at radius 3 is 2.71 bits per heavy atom. The van der Waals surface area contributed by atoms with Gasteiger partial charge in [-0.15, -0.1) is 0 Å². The van der Waals surface area contributed by atoms with Crippen molar-refractivity contribution in [1.29, 1.82) is 0 Å². The number of aromatic nitrogens is 2. The van der Waals surface area contributed by atoms with Crippen LogP contribution in [-0.4, -0.2) is 65.2 Å². The number of carbonyl (C=O) groups is 1. The molecule has 1 aromatic carbocycles. The van der Waals surface area contributed by atoms with Crippen molar-refractivity contribution >= 4 is 28.0 Å². The van der Waals surface area contributed by atoms with E-state index in [9.17, 15) is 14.3 Å². The van der Waals surface area contributed by atoms with E-state index in [1.807, 2.05) is 6.07 Å². The standard InChI is InChI=1S/C25H31BrFN5O2/c1-15-10-21(34)23-22(15)25(30-14-29-23)32-8-6-31(7-9-32)24(28-12-16-2-3-16)18(13-33)17-4-5-19(26)20(27)11-17/h4-5,11,13-16,18,21,24,28,34H,2-3,6-10,12H2,1H3/t15-,18?,21+,24?/m1/s1. The number of aliphatic hydroxyl groups excluding tert-OH is 1. The predicted octanol–water partition coefficient (Wildman–Crippen LogP) is 3.35. The Morgan fingerprint density at radius 1 is 1.26 bits per heavy atom. The molecule has 1 aromatic heterocycles. The third kappa shape index (κ3) is 4.76. The molecule has 2 aromatic rings. The zero-order chi connectivity index (χ0) is 23.8. The number of halogens is 2. The summed E-state index contributed by atoms with van der Waals surface area (Å²) in [5.74, 6) is 0.974. The van der Waals surface area contributed by atoms with Crippen LogP contribution in [0.4, 0.5) is 10.2 Å². The minimum Gasteiger partial charge on any atom is -0.387 e. The maximum absolute atomic E-state index is 14.3. The smallest absolute Gasteiger partial charge is 0.137 e. The molecule has 182 valence electrons. The van der Waals surface area contributed by atoms with Gasteiger partial charge in [-0.25, -0.2) is 14.4 Å². The molecule has 2 N–H and O–H groups in total. The Balaban J connectivity index is 1.34. The quantitative estimate of drug-likeness (QED) is 0.505. The van der Waals surface area contributed by atoms with Crippen LogP contribution in [0.5, 0.6) is 0 Å². The number of piperazine rings is 1. The lowest BCUT2D eigenvalue weighted by molar-refractivity contribution is -0.111. The van der Waals surface area contributed by atoms with Gasteiger partial charge in [0, 0.05) is 31.7 Å². The van der Waals surface area contributed by atoms with Crippen molar-refractivity contribution in [2.75, 3.05) is 37.6 Å². The molecule has 3 aliphatic rings. The number of rotatable bonds is 8. The normalized spacial score (nSPS) is 24.6. The van der Waals surface area contributed by atoms with E-state index in [1.54, 1.807) is 12.4 Å². The molecule has 2 fully saturated rings. The van der Waals surface area contributed by atoms with Crippen molar-refractivity contribution in [2.45, 2.75) is 50.3 Å². The topological polar surface area (TPSA) is 81.6 Å². The molecule has 2 aliphatic carbocycles. The largest absolute Gasteiger partial charge is 0.387 e. The first-order valence-electron chi connectivity index (χ1n) is 12.1. The summed E-state index contributed by atoms with van der Waals surface area (Å²) in [6.07, 6.45) is 4.89. The first kappa shape index (κ1) is 23.8. The van der Waals surface area contributed by atoms with Crippen molar-refractivity contribution in [3.05, 3.63) is 51.6 Å². The first-order chi connectivity index (χ1) is 16.5. The Bertz CT molecular complexity index is 1040. The Morgan fingerprint density at radius 2 is 2.03 bits per heavy atom. The predicted molar refractivity (Wildman–Crippen MR) is 131 cm³/mol. The van der Waals surface area contributed by atoms with Gasteiger partial charge in [0.2, 0.25) is 0 Å². The van der Waals surface area contributed by atoms with Crippen LogP contribution < -0.4 is 10.2 Å². The number of nitrogens with one attached hydrogen (secondary N) is 1. The lowest BCUT2D eigenvalue weighted by Gasteiger charge is -2.42. The average molecular weight is 532 g/mol. The molecule has 1 saturated heterocycles. The van der Waals surface area contributed by atoms with Gasteiger partial charge in [-0.2, -0.15) is 0 Å². The molecule has 0 radical (unpaired) electrons. The summed E-state index contributed by atoms with van der Waals surface area (Å²) in [5.41, 5.74) is 2.49. The van der Waals surface area contributed by atoms with Gasteiger partial charge in [-0.3, -0.25) is 4.90 Å². The molecule has 5 rings (SSSR count). The van der Waals surface area contributed by atoms with E-state index in [0.29, 0.717) is 22.4 Å². The van der Waals surface area contributed by atoms with Crippen molar-refractivity contribution in [2.24, 2.45) is 5.92 Å². The zero-order valence-electron chi connectivity index (χ0n) is 19.3. The second-order valence-electron chi connectivity index (χ2n) is 9.80. The van der Waals surface area contributed by atoms with Crippen LogP contribution >= 0.6 is 15.9 Å². The Hall–Kier alpha value is -1.94. The fraction of sp³-hybridized carbons (Fsp3) is 0.560. The highest BCUT2D eigenvalue weighted by Gasteiger charge is 2.36. The van der Waals surface area contributed by atoms with E-state index in [-0.39, 0.29) is 17.9 Å². The molecule has 2 heterocycles. The van der Waals surface area contributed by atoms with Crippen molar-refractivity contribution < 1.29 is 14.3 Å². The maximum Gasteiger partial charge on any atom is 0.137 e. The first-order valence-corrected chi connectivity index (χ1v) is 12.9. The third-order valence-corrected chi connectivity index (χ3v) is 8.06. The molecular weight excluding hydrogens is 501 g/mol. The highest BCUT2D eigenvalue weighted by atomic mass is 79.9. The van der Waals surface area contributed by atoms with E-state index in [2.05, 4.69) is 47.9 Å². The van der Waals surface area contributed by atoms with Crippen LogP contribution in [0, 0.1) is 11.7 Å². The summed E-state index contributed by atoms with van der Waals surface area (Å²) < 4.78 is 14.7. The van der Waals surface area contributed by atoms with E-state index in [4.69, 9.17) is 0 Å². The number of hydrogen-bond donors (Lipinski definition) is 2. The minimum absolute atomic E-state index is 0.197. The molecular formula is C25H31BrFN5O2. The number of nitrogens with zero attached hydrogens (tertiary/aromatic N) is 4. The summed E-state index contributed by atoms with van der Waals surface area (Å²) in [5, 5.41) is 14.0. The Kier molecular flexibility index (Phi) is 6.97. The van der Waals surface area contributed by atoms with E-state index >= 15 is 0 Å². The monoisotopic (exact) mass is 531 g/mol. The SMILES string of the molecule is C[C@@H]1C[C@H](O)c2ncnc(N3CCN(C(NCC4CC4)C(C=O)c4ccc(Br)c(F)c4)CC3)c21. The summed E-state index contributed by atoms with van der Waals surface area (Å²) in [7, 11) is 0. The maximum atomic E-state index is 14.3. The van der Waals surface area contributed by atoms with Gasteiger partial charge in [0.05, 0.1) is 28.4 Å². The number of hydrogen-bond acceptors (Lipinski definition) is 7. The highest BCUT2D eigenvalue weighted by Crippen LogP contribution is 2.43. The number of fused-ring (bicyclic) bond motifs is 1. The fourth-order valence-electron chi connectivity index (χ4n) is 5.31. The van der Waals surface area contributed by atoms with Crippen molar-refractivity contribution in [3.8, 4) is 0 Å². The Labute approximate surface area is 207 Å². The van der Waals surface area contributed by atoms with Crippen LogP contribution in [0.25, 0.3) is 0 Å². The summed E-state index contributed by atoms with van der Waals surface area (Å²) in [4.78, 5) is 25.8. The van der Waals surface area contributed by atoms with E-state index < -0.39 is 12.0 Å².